The average molecular weight is 555 g/mol. The number of carbonyl (C=O) groups excluding carboxylic acids is 2. The molecule has 204 valence electrons. The number of fused-ring (bicyclic) bond motifs is 1. The van der Waals surface area contributed by atoms with Crippen molar-refractivity contribution in [2.24, 2.45) is 11.7 Å². The lowest BCUT2D eigenvalue weighted by atomic mass is 9.83. The van der Waals surface area contributed by atoms with Crippen molar-refractivity contribution in [2.75, 3.05) is 13.7 Å². The summed E-state index contributed by atoms with van der Waals surface area (Å²) in [6.07, 6.45) is 3.38. The molecule has 2 aliphatic rings. The Labute approximate surface area is 230 Å². The van der Waals surface area contributed by atoms with Gasteiger partial charge in [-0.05, 0) is 55.5 Å². The molecule has 1 amide bonds. The van der Waals surface area contributed by atoms with Gasteiger partial charge in [-0.2, -0.15) is 0 Å². The zero-order chi connectivity index (χ0) is 27.7. The van der Waals surface area contributed by atoms with Crippen molar-refractivity contribution in [1.29, 1.82) is 0 Å². The second-order valence-electron chi connectivity index (χ2n) is 10.1. The van der Waals surface area contributed by atoms with Gasteiger partial charge < -0.3 is 20.5 Å². The number of benzene rings is 3. The number of hydrogen-bond donors (Lipinski definition) is 2. The van der Waals surface area contributed by atoms with Crippen LogP contribution in [0.3, 0.4) is 0 Å². The molecule has 0 aromatic heterocycles. The molecule has 1 aliphatic carbocycles. The molecule has 1 saturated carbocycles. The number of hydrogen-bond acceptors (Lipinski definition) is 5. The Balaban J connectivity index is 1.51. The van der Waals surface area contributed by atoms with Crippen molar-refractivity contribution >= 4 is 23.5 Å². The van der Waals surface area contributed by atoms with E-state index in [2.05, 4.69) is 5.32 Å². The molecule has 3 aromatic carbocycles. The molecule has 1 atom stereocenters. The van der Waals surface area contributed by atoms with Crippen molar-refractivity contribution in [1.82, 2.24) is 5.32 Å². The molecule has 1 heterocycles. The molecule has 0 bridgehead atoms. The Morgan fingerprint density at radius 2 is 1.77 bits per heavy atom. The van der Waals surface area contributed by atoms with Crippen molar-refractivity contribution in [3.05, 3.63) is 87.9 Å². The smallest absolute Gasteiger partial charge is 0.308 e. The Kier molecular flexibility index (Phi) is 7.60. The van der Waals surface area contributed by atoms with Gasteiger partial charge in [0.2, 0.25) is 5.91 Å². The fourth-order valence-electron chi connectivity index (χ4n) is 5.79. The summed E-state index contributed by atoms with van der Waals surface area (Å²) in [5.41, 5.74) is 5.88. The first kappa shape index (κ1) is 27.1. The summed E-state index contributed by atoms with van der Waals surface area (Å²) in [6.45, 7) is 0.421. The molecule has 0 unspecified atom stereocenters. The number of nitrogens with one attached hydrogen (secondary N) is 1. The topological polar surface area (TPSA) is 90.6 Å². The number of methoxy groups -OCH3 is 1. The molecule has 0 spiro atoms. The second-order valence-corrected chi connectivity index (χ2v) is 10.5. The van der Waals surface area contributed by atoms with Gasteiger partial charge in [0.1, 0.15) is 5.75 Å². The zero-order valence-electron chi connectivity index (χ0n) is 21.4. The predicted molar refractivity (Wildman–Crippen MR) is 144 cm³/mol. The first-order chi connectivity index (χ1) is 18.7. The predicted octanol–water partition coefficient (Wildman–Crippen LogP) is 5.54. The molecule has 3 N–H and O–H groups in total. The van der Waals surface area contributed by atoms with Crippen LogP contribution in [-0.2, 0) is 21.6 Å². The molecule has 0 saturated heterocycles. The van der Waals surface area contributed by atoms with E-state index in [0.717, 1.165) is 43.4 Å². The number of ether oxygens (including phenoxy) is 2. The van der Waals surface area contributed by atoms with Crippen LogP contribution in [0.1, 0.15) is 47.2 Å². The van der Waals surface area contributed by atoms with Crippen LogP contribution >= 0.6 is 11.6 Å². The maximum atomic E-state index is 15.2. The lowest BCUT2D eigenvalue weighted by Crippen LogP contribution is -2.47. The van der Waals surface area contributed by atoms with Gasteiger partial charge in [-0.15, -0.1) is 0 Å². The Hall–Kier alpha value is -3.49. The highest BCUT2D eigenvalue weighted by Gasteiger charge is 2.44. The SMILES string of the molecule is COC(=O)C1CCC(NC[C@@]2(c3ccccc3)Cc3c(ccc(Cl)c3-c3c(C(N)=O)ccc(F)c3F)O2)CC1. The standard InChI is InChI=1S/C30H29ClF2N2O4/c1-38-29(37)17-7-9-19(10-8-17)35-16-30(18-5-3-2-4-6-18)15-21-24(39-30)14-12-22(31)25(21)26-20(28(34)36)11-13-23(32)27(26)33/h2-6,11-14,17,19,35H,7-10,15-16H2,1H3,(H2,34,36)/t17?,19?,30-/m1/s1. The Morgan fingerprint density at radius 1 is 1.05 bits per heavy atom. The minimum Gasteiger partial charge on any atom is -0.481 e. The number of rotatable bonds is 7. The van der Waals surface area contributed by atoms with E-state index < -0.39 is 23.1 Å². The summed E-state index contributed by atoms with van der Waals surface area (Å²) in [5, 5.41) is 3.78. The fourth-order valence-corrected chi connectivity index (χ4v) is 6.06. The number of nitrogens with two attached hydrogens (primary N) is 1. The van der Waals surface area contributed by atoms with Crippen LogP contribution in [0, 0.1) is 17.6 Å². The summed E-state index contributed by atoms with van der Waals surface area (Å²) in [7, 11) is 1.41. The number of amides is 1. The largest absolute Gasteiger partial charge is 0.481 e. The molecule has 1 fully saturated rings. The van der Waals surface area contributed by atoms with E-state index in [1.807, 2.05) is 30.3 Å². The molecule has 0 radical (unpaired) electrons. The second kappa shape index (κ2) is 10.9. The molecule has 6 nitrogen and oxygen atoms in total. The van der Waals surface area contributed by atoms with Crippen LogP contribution < -0.4 is 15.8 Å². The molecule has 1 aliphatic heterocycles. The van der Waals surface area contributed by atoms with Gasteiger partial charge in [0.15, 0.2) is 17.2 Å². The van der Waals surface area contributed by atoms with Gasteiger partial charge in [0.25, 0.3) is 0 Å². The van der Waals surface area contributed by atoms with Crippen molar-refractivity contribution in [3.63, 3.8) is 0 Å². The van der Waals surface area contributed by atoms with E-state index in [1.54, 1.807) is 12.1 Å². The average Bonchev–Trinajstić information content (AvgIpc) is 3.34. The highest BCUT2D eigenvalue weighted by molar-refractivity contribution is 6.34. The minimum absolute atomic E-state index is 0.0894. The number of carbonyl (C=O) groups is 2. The zero-order valence-corrected chi connectivity index (χ0v) is 22.2. The van der Waals surface area contributed by atoms with Crippen LogP contribution in [0.2, 0.25) is 5.02 Å². The van der Waals surface area contributed by atoms with Gasteiger partial charge >= 0.3 is 5.97 Å². The molecular formula is C30H29ClF2N2O4. The lowest BCUT2D eigenvalue weighted by Gasteiger charge is -2.34. The van der Waals surface area contributed by atoms with Gasteiger partial charge in [-0.1, -0.05) is 41.9 Å². The Morgan fingerprint density at radius 3 is 2.44 bits per heavy atom. The van der Waals surface area contributed by atoms with Gasteiger partial charge in [0, 0.05) is 40.7 Å². The van der Waals surface area contributed by atoms with E-state index in [4.69, 9.17) is 26.8 Å². The van der Waals surface area contributed by atoms with Gasteiger partial charge in [-0.25, -0.2) is 8.78 Å². The maximum Gasteiger partial charge on any atom is 0.308 e. The quantitative estimate of drug-likeness (QED) is 0.374. The summed E-state index contributed by atoms with van der Waals surface area (Å²) < 4.78 is 41.2. The van der Waals surface area contributed by atoms with Crippen LogP contribution in [-0.4, -0.2) is 31.6 Å². The van der Waals surface area contributed by atoms with Crippen LogP contribution in [0.5, 0.6) is 5.75 Å². The molecular weight excluding hydrogens is 526 g/mol. The third kappa shape index (κ3) is 5.11. The minimum atomic E-state index is -1.20. The first-order valence-corrected chi connectivity index (χ1v) is 13.3. The lowest BCUT2D eigenvalue weighted by molar-refractivity contribution is -0.146. The highest BCUT2D eigenvalue weighted by atomic mass is 35.5. The third-order valence-corrected chi connectivity index (χ3v) is 8.15. The third-order valence-electron chi connectivity index (χ3n) is 7.83. The van der Waals surface area contributed by atoms with Crippen LogP contribution in [0.4, 0.5) is 8.78 Å². The normalized spacial score (nSPS) is 22.2. The molecule has 39 heavy (non-hydrogen) atoms. The highest BCUT2D eigenvalue weighted by Crippen LogP contribution is 2.49. The number of halogens is 3. The number of esters is 1. The van der Waals surface area contributed by atoms with Crippen molar-refractivity contribution in [2.45, 2.75) is 43.7 Å². The monoisotopic (exact) mass is 554 g/mol. The van der Waals surface area contributed by atoms with E-state index >= 15 is 4.39 Å². The van der Waals surface area contributed by atoms with Crippen molar-refractivity contribution < 1.29 is 27.8 Å². The fraction of sp³-hybridized carbons (Fsp3) is 0.333. The van der Waals surface area contributed by atoms with Crippen LogP contribution in [0.25, 0.3) is 11.1 Å². The van der Waals surface area contributed by atoms with Gasteiger partial charge in [-0.3, -0.25) is 9.59 Å². The van der Waals surface area contributed by atoms with E-state index in [9.17, 15) is 14.0 Å². The molecule has 5 rings (SSSR count). The maximum absolute atomic E-state index is 15.2. The van der Waals surface area contributed by atoms with Crippen LogP contribution in [0.15, 0.2) is 54.6 Å². The van der Waals surface area contributed by atoms with Crippen molar-refractivity contribution in [3.8, 4) is 16.9 Å². The summed E-state index contributed by atoms with van der Waals surface area (Å²) in [6, 6.07) is 15.1. The van der Waals surface area contributed by atoms with E-state index in [1.165, 1.54) is 7.11 Å². The van der Waals surface area contributed by atoms with E-state index in [-0.39, 0.29) is 39.6 Å². The summed E-state index contributed by atoms with van der Waals surface area (Å²) in [4.78, 5) is 24.1. The summed E-state index contributed by atoms with van der Waals surface area (Å²) >= 11 is 6.58. The molecule has 9 heteroatoms. The van der Waals surface area contributed by atoms with E-state index in [0.29, 0.717) is 24.3 Å². The Bertz CT molecular complexity index is 1410. The first-order valence-electron chi connectivity index (χ1n) is 12.9. The summed E-state index contributed by atoms with van der Waals surface area (Å²) in [5.74, 6) is -2.99. The van der Waals surface area contributed by atoms with Gasteiger partial charge in [0.05, 0.1) is 18.6 Å². The number of primary amides is 1. The molecule has 3 aromatic rings.